The van der Waals surface area contributed by atoms with Crippen LogP contribution < -0.4 is 6.99 Å². The number of hydrogen-bond donors (Lipinski definition) is 1. The Morgan fingerprint density at radius 2 is 1.54 bits per heavy atom. The standard InChI is InChI=1S/C7H7.C2H6.CH4N.CH3.Sb/c1-7-5-3-2-4-6-7;2*1-2;;/h3-6H,1H3;1-2H3;2H,1H3;1H3;/q;;-1;;+1. The summed E-state index contributed by atoms with van der Waals surface area (Å²) in [4.78, 5) is 2.34. The molecule has 1 aromatic carbocycles. The van der Waals surface area contributed by atoms with Crippen LogP contribution >= 0.6 is 0 Å². The Bertz CT molecular complexity index is 218. The van der Waals surface area contributed by atoms with Crippen molar-refractivity contribution in [3.05, 3.63) is 29.8 Å². The molecule has 1 nitrogen and oxygen atoms in total. The molecule has 1 rings (SSSR count). The van der Waals surface area contributed by atoms with Crippen LogP contribution in [0.3, 0.4) is 0 Å². The molecule has 0 bridgehead atoms. The van der Waals surface area contributed by atoms with Crippen molar-refractivity contribution in [3.63, 3.8) is 0 Å². The van der Waals surface area contributed by atoms with E-state index in [1.807, 2.05) is 13.8 Å². The predicted octanol–water partition coefficient (Wildman–Crippen LogP) is 2.07. The average molecular weight is 288 g/mol. The molecule has 0 saturated heterocycles. The summed E-state index contributed by atoms with van der Waals surface area (Å²) in [5.74, 6) is 0. The summed E-state index contributed by atoms with van der Waals surface area (Å²) >= 11 is -1.21. The van der Waals surface area contributed by atoms with E-state index in [0.717, 1.165) is 0 Å². The fraction of sp³-hybridized carbons (Fsp3) is 0.455. The zero-order valence-electron chi connectivity index (χ0n) is 9.26. The molecule has 0 amide bonds. The Kier molecular flexibility index (Phi) is 7.41. The Hall–Kier alpha value is -0.00182. The van der Waals surface area contributed by atoms with Gasteiger partial charge in [-0.2, -0.15) is 0 Å². The Morgan fingerprint density at radius 1 is 1.08 bits per heavy atom. The van der Waals surface area contributed by atoms with E-state index in [0.29, 0.717) is 0 Å². The van der Waals surface area contributed by atoms with Gasteiger partial charge in [-0.25, -0.2) is 0 Å². The topological polar surface area (TPSA) is 12.0 Å². The second-order valence-electron chi connectivity index (χ2n) is 2.62. The van der Waals surface area contributed by atoms with Crippen LogP contribution in [0.15, 0.2) is 24.3 Å². The third kappa shape index (κ3) is 4.69. The van der Waals surface area contributed by atoms with E-state index in [4.69, 9.17) is 0 Å². The molecule has 0 unspecified atom stereocenters. The molecule has 0 atom stereocenters. The zero-order valence-corrected chi connectivity index (χ0v) is 11.8. The third-order valence-corrected chi connectivity index (χ3v) is 6.73. The van der Waals surface area contributed by atoms with Crippen molar-refractivity contribution >= 4 is 24.0 Å². The molecule has 1 N–H and O–H groups in total. The summed E-state index contributed by atoms with van der Waals surface area (Å²) in [6.45, 7) is 6.13. The zero-order chi connectivity index (χ0) is 10.3. The van der Waals surface area contributed by atoms with Gasteiger partial charge in [-0.15, -0.1) is 0 Å². The van der Waals surface area contributed by atoms with Crippen LogP contribution in [0.4, 0.5) is 0 Å². The van der Waals surface area contributed by atoms with Crippen molar-refractivity contribution in [2.45, 2.75) is 25.6 Å². The van der Waals surface area contributed by atoms with Crippen molar-refractivity contribution in [1.82, 2.24) is 3.48 Å². The molecule has 0 heterocycles. The molecule has 74 valence electrons. The first-order valence-electron chi connectivity index (χ1n) is 4.72. The maximum absolute atomic E-state index is 3.38. The quantitative estimate of drug-likeness (QED) is 0.822. The van der Waals surface area contributed by atoms with Gasteiger partial charge in [0.15, 0.2) is 0 Å². The molecule has 0 radical (unpaired) electrons. The van der Waals surface area contributed by atoms with E-state index in [1.165, 1.54) is 9.07 Å². The molecular weight excluding hydrogens is 268 g/mol. The maximum atomic E-state index is 3.38. The van der Waals surface area contributed by atoms with Gasteiger partial charge in [0.2, 0.25) is 0 Å². The van der Waals surface area contributed by atoms with E-state index < -0.39 is 20.5 Å². The summed E-state index contributed by atoms with van der Waals surface area (Å²) in [6, 6.07) is 8.87. The summed E-state index contributed by atoms with van der Waals surface area (Å²) in [5, 5.41) is 0. The Balaban J connectivity index is 0.000000671. The first-order valence-corrected chi connectivity index (χ1v) is 9.82. The fourth-order valence-electron chi connectivity index (χ4n) is 0.897. The molecule has 0 aliphatic heterocycles. The number of hydrogen-bond acceptors (Lipinski definition) is 1. The van der Waals surface area contributed by atoms with E-state index >= 15 is 0 Å². The summed E-state index contributed by atoms with van der Waals surface area (Å²) in [6.07, 6.45) is 0. The summed E-state index contributed by atoms with van der Waals surface area (Å²) < 4.78 is 4.91. The number of benzene rings is 1. The predicted molar refractivity (Wildman–Crippen MR) is 62.8 cm³/mol. The molecule has 2 heteroatoms. The van der Waals surface area contributed by atoms with E-state index in [2.05, 4.69) is 46.6 Å². The Morgan fingerprint density at radius 3 is 1.92 bits per heavy atom. The van der Waals surface area contributed by atoms with Crippen LogP contribution in [-0.2, 0) is 0 Å². The second kappa shape index (κ2) is 7.41. The van der Waals surface area contributed by atoms with Gasteiger partial charge in [-0.1, -0.05) is 13.8 Å². The monoisotopic (exact) mass is 287 g/mol. The van der Waals surface area contributed by atoms with Gasteiger partial charge >= 0.3 is 76.1 Å². The Labute approximate surface area is 89.9 Å². The van der Waals surface area contributed by atoms with Crippen LogP contribution in [0.5, 0.6) is 0 Å². The fourth-order valence-corrected chi connectivity index (χ4v) is 3.34. The molecule has 0 aliphatic carbocycles. The molecule has 1 aromatic rings. The van der Waals surface area contributed by atoms with Crippen LogP contribution in [0, 0.1) is 6.92 Å². The van der Waals surface area contributed by atoms with Crippen LogP contribution in [0.25, 0.3) is 0 Å². The number of rotatable bonds is 2. The van der Waals surface area contributed by atoms with Crippen LogP contribution in [-0.4, -0.2) is 27.5 Å². The number of nitrogens with one attached hydrogen (secondary N) is 1. The first-order chi connectivity index (χ1) is 6.24. The summed E-state index contributed by atoms with van der Waals surface area (Å²) in [7, 11) is 2.06. The molecule has 0 aromatic heterocycles. The minimum atomic E-state index is -1.21. The van der Waals surface area contributed by atoms with E-state index in [1.54, 1.807) is 0 Å². The SMILES string of the molecule is CC.C[NH][Sb]([CH3])[c]1ccc(C)cc1. The van der Waals surface area contributed by atoms with Crippen molar-refractivity contribution in [3.8, 4) is 0 Å². The molecule has 0 aliphatic rings. The van der Waals surface area contributed by atoms with Crippen molar-refractivity contribution in [2.24, 2.45) is 0 Å². The van der Waals surface area contributed by atoms with Gasteiger partial charge in [-0.3, -0.25) is 0 Å². The van der Waals surface area contributed by atoms with E-state index in [-0.39, 0.29) is 0 Å². The second-order valence-corrected chi connectivity index (χ2v) is 8.56. The minimum absolute atomic E-state index is 1.21. The number of aryl methyl sites for hydroxylation is 1. The van der Waals surface area contributed by atoms with Gasteiger partial charge in [0.25, 0.3) is 0 Å². The molecular formula is C11H20NSb. The molecule has 0 saturated carbocycles. The van der Waals surface area contributed by atoms with E-state index in [9.17, 15) is 0 Å². The first kappa shape index (κ1) is 13.0. The third-order valence-electron chi connectivity index (χ3n) is 1.76. The van der Waals surface area contributed by atoms with Gasteiger partial charge in [-0.05, 0) is 0 Å². The van der Waals surface area contributed by atoms with Gasteiger partial charge < -0.3 is 0 Å². The molecule has 13 heavy (non-hydrogen) atoms. The normalized spacial score (nSPS) is 9.38. The summed E-state index contributed by atoms with van der Waals surface area (Å²) in [5.41, 5.74) is 1.35. The average Bonchev–Trinajstić information content (AvgIpc) is 2.21. The van der Waals surface area contributed by atoms with Gasteiger partial charge in [0, 0.05) is 0 Å². The van der Waals surface area contributed by atoms with Crippen molar-refractivity contribution in [1.29, 1.82) is 0 Å². The molecule has 0 fully saturated rings. The van der Waals surface area contributed by atoms with Gasteiger partial charge in [0.1, 0.15) is 0 Å². The van der Waals surface area contributed by atoms with Gasteiger partial charge in [0.05, 0.1) is 0 Å². The van der Waals surface area contributed by atoms with Crippen molar-refractivity contribution in [2.75, 3.05) is 7.05 Å². The van der Waals surface area contributed by atoms with Crippen molar-refractivity contribution < 1.29 is 0 Å². The van der Waals surface area contributed by atoms with Crippen LogP contribution in [0.2, 0.25) is 4.87 Å². The van der Waals surface area contributed by atoms with Crippen LogP contribution in [0.1, 0.15) is 19.4 Å². The molecule has 0 spiro atoms.